The number of nitrogens with one attached hydrogen (secondary N) is 3. The predicted molar refractivity (Wildman–Crippen MR) is 160 cm³/mol. The van der Waals surface area contributed by atoms with Crippen LogP contribution in [0.4, 0.5) is 26.8 Å². The van der Waals surface area contributed by atoms with Crippen molar-refractivity contribution in [2.24, 2.45) is 0 Å². The molecule has 2 heterocycles. The van der Waals surface area contributed by atoms with Gasteiger partial charge < -0.3 is 15.4 Å². The smallest absolute Gasteiger partial charge is 0.330 e. The number of nitrogens with zero attached hydrogens (tertiary/aromatic N) is 4. The number of urea groups is 2. The van der Waals surface area contributed by atoms with Crippen molar-refractivity contribution in [1.29, 1.82) is 5.41 Å². The Balaban J connectivity index is 1.72. The summed E-state index contributed by atoms with van der Waals surface area (Å²) in [4.78, 5) is 47.8. The molecule has 5 amide bonds. The molecule has 1 atom stereocenters. The number of carbonyl (C=O) groups excluding carboxylic acids is 3. The summed E-state index contributed by atoms with van der Waals surface area (Å²) in [5, 5.41) is 13.2. The Morgan fingerprint density at radius 2 is 1.83 bits per heavy atom. The molecule has 3 aromatic rings. The third-order valence-corrected chi connectivity index (χ3v) is 7.03. The number of hydrogen-bond donors (Lipinski definition) is 3. The lowest BCUT2D eigenvalue weighted by Gasteiger charge is -2.24. The van der Waals surface area contributed by atoms with Crippen LogP contribution in [0.5, 0.6) is 0 Å². The molecule has 214 valence electrons. The molecule has 1 saturated heterocycles. The van der Waals surface area contributed by atoms with Gasteiger partial charge in [0, 0.05) is 43.1 Å². The van der Waals surface area contributed by atoms with Crippen LogP contribution in [0.2, 0.25) is 0 Å². The van der Waals surface area contributed by atoms with Gasteiger partial charge in [0.25, 0.3) is 11.9 Å². The maximum absolute atomic E-state index is 13.8. The Kier molecular flexibility index (Phi) is 8.56. The first-order valence-electron chi connectivity index (χ1n) is 13.3. The van der Waals surface area contributed by atoms with E-state index in [4.69, 9.17) is 15.1 Å². The fourth-order valence-corrected chi connectivity index (χ4v) is 5.06. The molecular formula is C30H35N7O4. The van der Waals surface area contributed by atoms with Crippen LogP contribution < -0.4 is 25.3 Å². The Hall–Kier alpha value is -4.93. The van der Waals surface area contributed by atoms with E-state index in [0.29, 0.717) is 35.7 Å². The molecule has 0 aliphatic carbocycles. The number of benzene rings is 2. The normalized spacial score (nSPS) is 14.6. The summed E-state index contributed by atoms with van der Waals surface area (Å²) in [5.41, 5.74) is 5.08. The number of amides is 5. The highest BCUT2D eigenvalue weighted by atomic mass is 16.5. The number of methoxy groups -OCH3 is 1. The monoisotopic (exact) mass is 557 g/mol. The molecule has 1 fully saturated rings. The summed E-state index contributed by atoms with van der Waals surface area (Å²) in [5.74, 6) is 0.381. The second-order valence-electron chi connectivity index (χ2n) is 9.66. The standard InChI is InChI=1S/C30H35N7O4/c1-7-24-25(20-11-13-22(14-12-20)37(28(31)41-6)29(39)33-5)15-18(2)34-26(24)35-17-19(3)36(30(35)40)23-10-8-9-21(16-23)27(38)32-4/h8-16,19,31H,7,17H2,1-6H3,(H,32,38)(H,33,39). The quantitative estimate of drug-likeness (QED) is 0.303. The molecule has 4 rings (SSSR count). The van der Waals surface area contributed by atoms with Crippen molar-refractivity contribution in [1.82, 2.24) is 15.6 Å². The van der Waals surface area contributed by atoms with E-state index in [1.165, 1.54) is 14.2 Å². The lowest BCUT2D eigenvalue weighted by molar-refractivity contribution is 0.0963. The first-order valence-corrected chi connectivity index (χ1v) is 13.3. The molecule has 11 heteroatoms. The first-order chi connectivity index (χ1) is 19.6. The average molecular weight is 558 g/mol. The zero-order chi connectivity index (χ0) is 29.8. The molecule has 0 spiro atoms. The maximum atomic E-state index is 13.8. The zero-order valence-corrected chi connectivity index (χ0v) is 24.1. The molecule has 1 aromatic heterocycles. The van der Waals surface area contributed by atoms with Crippen LogP contribution in [0.3, 0.4) is 0 Å². The number of hydrogen-bond acceptors (Lipinski definition) is 6. The van der Waals surface area contributed by atoms with Crippen molar-refractivity contribution < 1.29 is 19.1 Å². The second kappa shape index (κ2) is 12.1. The highest BCUT2D eigenvalue weighted by Crippen LogP contribution is 2.36. The number of rotatable bonds is 6. The summed E-state index contributed by atoms with van der Waals surface area (Å²) in [7, 11) is 4.40. The van der Waals surface area contributed by atoms with E-state index in [9.17, 15) is 14.4 Å². The van der Waals surface area contributed by atoms with E-state index >= 15 is 0 Å². The minimum atomic E-state index is -0.493. The van der Waals surface area contributed by atoms with Crippen LogP contribution in [0.15, 0.2) is 54.6 Å². The third kappa shape index (κ3) is 5.56. The molecule has 0 radical (unpaired) electrons. The Bertz CT molecular complexity index is 1470. The fourth-order valence-electron chi connectivity index (χ4n) is 5.06. The highest BCUT2D eigenvalue weighted by molar-refractivity contribution is 6.12. The van der Waals surface area contributed by atoms with Gasteiger partial charge in [-0.2, -0.15) is 0 Å². The van der Waals surface area contributed by atoms with Crippen molar-refractivity contribution >= 4 is 41.2 Å². The number of aromatic nitrogens is 1. The van der Waals surface area contributed by atoms with E-state index in [1.54, 1.807) is 47.2 Å². The highest BCUT2D eigenvalue weighted by Gasteiger charge is 2.38. The fraction of sp³-hybridized carbons (Fsp3) is 0.300. The van der Waals surface area contributed by atoms with E-state index in [2.05, 4.69) is 10.6 Å². The lowest BCUT2D eigenvalue weighted by atomic mass is 9.97. The van der Waals surface area contributed by atoms with Crippen LogP contribution in [0.1, 0.15) is 35.5 Å². The SMILES string of the molecule is CCc1c(-c2ccc(N(C(=N)OC)C(=O)NC)cc2)cc(C)nc1N1CC(C)N(c2cccc(C(=O)NC)c2)C1=O. The van der Waals surface area contributed by atoms with Crippen molar-refractivity contribution in [3.63, 3.8) is 0 Å². The summed E-state index contributed by atoms with van der Waals surface area (Å²) in [6, 6.07) is 15.1. The molecule has 41 heavy (non-hydrogen) atoms. The van der Waals surface area contributed by atoms with Gasteiger partial charge in [-0.3, -0.25) is 20.0 Å². The zero-order valence-electron chi connectivity index (χ0n) is 24.1. The van der Waals surface area contributed by atoms with Gasteiger partial charge in [-0.25, -0.2) is 19.5 Å². The molecule has 2 aromatic carbocycles. The van der Waals surface area contributed by atoms with Gasteiger partial charge >= 0.3 is 12.1 Å². The van der Waals surface area contributed by atoms with Crippen LogP contribution in [-0.4, -0.2) is 62.8 Å². The molecular weight excluding hydrogens is 522 g/mol. The largest absolute Gasteiger partial charge is 0.468 e. The molecule has 1 aliphatic rings. The van der Waals surface area contributed by atoms with Gasteiger partial charge in [0.15, 0.2) is 0 Å². The minimum Gasteiger partial charge on any atom is -0.468 e. The van der Waals surface area contributed by atoms with Crippen molar-refractivity contribution in [3.8, 4) is 11.1 Å². The second-order valence-corrected chi connectivity index (χ2v) is 9.66. The number of carbonyl (C=O) groups is 3. The number of amidine groups is 1. The van der Waals surface area contributed by atoms with Crippen LogP contribution in [-0.2, 0) is 11.2 Å². The Morgan fingerprint density at radius 3 is 2.44 bits per heavy atom. The van der Waals surface area contributed by atoms with Crippen LogP contribution in [0, 0.1) is 12.3 Å². The van der Waals surface area contributed by atoms with Crippen LogP contribution >= 0.6 is 0 Å². The third-order valence-electron chi connectivity index (χ3n) is 7.03. The molecule has 3 N–H and O–H groups in total. The van der Waals surface area contributed by atoms with Crippen molar-refractivity contribution in [2.75, 3.05) is 42.4 Å². The van der Waals surface area contributed by atoms with Gasteiger partial charge in [0.05, 0.1) is 18.8 Å². The number of ether oxygens (including phenoxy) is 1. The maximum Gasteiger partial charge on any atom is 0.330 e. The summed E-state index contributed by atoms with van der Waals surface area (Å²) in [6.07, 6.45) is 0.628. The van der Waals surface area contributed by atoms with Gasteiger partial charge in [-0.05, 0) is 67.8 Å². The molecule has 0 saturated carbocycles. The van der Waals surface area contributed by atoms with Crippen LogP contribution in [0.25, 0.3) is 11.1 Å². The molecule has 11 nitrogen and oxygen atoms in total. The van der Waals surface area contributed by atoms with Crippen molar-refractivity contribution in [3.05, 3.63) is 71.4 Å². The average Bonchev–Trinajstić information content (AvgIpc) is 3.29. The van der Waals surface area contributed by atoms with Gasteiger partial charge in [0.2, 0.25) is 0 Å². The van der Waals surface area contributed by atoms with Crippen molar-refractivity contribution in [2.45, 2.75) is 33.2 Å². The number of aryl methyl sites for hydroxylation is 1. The summed E-state index contributed by atoms with van der Waals surface area (Å²) in [6.45, 7) is 6.32. The number of anilines is 3. The predicted octanol–water partition coefficient (Wildman–Crippen LogP) is 4.54. The Labute approximate surface area is 239 Å². The summed E-state index contributed by atoms with van der Waals surface area (Å²) < 4.78 is 4.99. The van der Waals surface area contributed by atoms with E-state index in [-0.39, 0.29) is 24.0 Å². The number of pyridine rings is 1. The molecule has 1 aliphatic heterocycles. The van der Waals surface area contributed by atoms with E-state index in [0.717, 1.165) is 27.3 Å². The topological polar surface area (TPSA) is 131 Å². The van der Waals surface area contributed by atoms with Gasteiger partial charge in [-0.15, -0.1) is 0 Å². The first kappa shape index (κ1) is 29.1. The molecule has 0 bridgehead atoms. The summed E-state index contributed by atoms with van der Waals surface area (Å²) >= 11 is 0. The molecule has 1 unspecified atom stereocenters. The lowest BCUT2D eigenvalue weighted by Crippen LogP contribution is -2.43. The van der Waals surface area contributed by atoms with Gasteiger partial charge in [-0.1, -0.05) is 25.1 Å². The van der Waals surface area contributed by atoms with E-state index in [1.807, 2.05) is 45.0 Å². The van der Waals surface area contributed by atoms with E-state index < -0.39 is 6.03 Å². The minimum absolute atomic E-state index is 0.149. The Morgan fingerprint density at radius 1 is 1.12 bits per heavy atom. The van der Waals surface area contributed by atoms with Gasteiger partial charge in [0.1, 0.15) is 5.82 Å².